The first kappa shape index (κ1) is 32.0. The summed E-state index contributed by atoms with van der Waals surface area (Å²) in [7, 11) is 0. The van der Waals surface area contributed by atoms with Crippen molar-refractivity contribution in [3.05, 3.63) is 105 Å². The predicted octanol–water partition coefficient (Wildman–Crippen LogP) is 3.94. The molecule has 3 unspecified atom stereocenters. The molecular weight excluding hydrogens is 580 g/mol. The number of nitrogens with one attached hydrogen (secondary N) is 1. The zero-order valence-electron chi connectivity index (χ0n) is 24.9. The minimum Gasteiger partial charge on any atom is -0.481 e. The van der Waals surface area contributed by atoms with E-state index in [2.05, 4.69) is 15.1 Å². The SMILES string of the molecule is O=C(O)CCC(=O)NCc1ccc(C2OC(CN3CCN(c4ccc([N+](=O)[O-])cc4)CC3)CC(c3ccc(CO)cc3)O2)cc1. The Morgan fingerprint density at radius 2 is 1.51 bits per heavy atom. The first-order valence-corrected chi connectivity index (χ1v) is 15.1. The van der Waals surface area contributed by atoms with Gasteiger partial charge < -0.3 is 29.9 Å². The second-order valence-corrected chi connectivity index (χ2v) is 11.3. The second-order valence-electron chi connectivity index (χ2n) is 11.3. The van der Waals surface area contributed by atoms with Gasteiger partial charge in [-0.2, -0.15) is 0 Å². The van der Waals surface area contributed by atoms with Gasteiger partial charge in [0.25, 0.3) is 5.69 Å². The zero-order valence-corrected chi connectivity index (χ0v) is 24.9. The molecule has 0 aromatic heterocycles. The van der Waals surface area contributed by atoms with Crippen LogP contribution in [0.2, 0.25) is 0 Å². The third-order valence-corrected chi connectivity index (χ3v) is 8.18. The van der Waals surface area contributed by atoms with Crippen LogP contribution < -0.4 is 10.2 Å². The lowest BCUT2D eigenvalue weighted by atomic mass is 9.99. The average molecular weight is 619 g/mol. The Morgan fingerprint density at radius 1 is 0.867 bits per heavy atom. The van der Waals surface area contributed by atoms with E-state index in [9.17, 15) is 24.8 Å². The Balaban J connectivity index is 1.22. The van der Waals surface area contributed by atoms with Gasteiger partial charge >= 0.3 is 5.97 Å². The van der Waals surface area contributed by atoms with Gasteiger partial charge in [0.05, 0.1) is 30.2 Å². The fourth-order valence-electron chi connectivity index (χ4n) is 5.60. The molecule has 12 heteroatoms. The van der Waals surface area contributed by atoms with E-state index in [1.807, 2.05) is 48.5 Å². The van der Waals surface area contributed by atoms with Gasteiger partial charge in [0, 0.05) is 75.5 Å². The van der Waals surface area contributed by atoms with Gasteiger partial charge in [-0.25, -0.2) is 0 Å². The molecule has 3 atom stereocenters. The predicted molar refractivity (Wildman–Crippen MR) is 165 cm³/mol. The van der Waals surface area contributed by atoms with Gasteiger partial charge in [0.15, 0.2) is 6.29 Å². The molecule has 2 saturated heterocycles. The number of anilines is 1. The van der Waals surface area contributed by atoms with Crippen molar-refractivity contribution < 1.29 is 34.2 Å². The molecule has 3 N–H and O–H groups in total. The van der Waals surface area contributed by atoms with Crippen LogP contribution in [0.25, 0.3) is 0 Å². The maximum absolute atomic E-state index is 11.9. The summed E-state index contributed by atoms with van der Waals surface area (Å²) in [6.07, 6.45) is -0.529. The molecule has 0 radical (unpaired) electrons. The number of nitrogens with zero attached hydrogens (tertiary/aromatic N) is 3. The Morgan fingerprint density at radius 3 is 2.13 bits per heavy atom. The number of carboxylic acids is 1. The van der Waals surface area contributed by atoms with Crippen molar-refractivity contribution >= 4 is 23.3 Å². The highest BCUT2D eigenvalue weighted by molar-refractivity contribution is 5.80. The van der Waals surface area contributed by atoms with Crippen LogP contribution in [0.3, 0.4) is 0 Å². The third kappa shape index (κ3) is 8.85. The van der Waals surface area contributed by atoms with E-state index in [1.54, 1.807) is 12.1 Å². The van der Waals surface area contributed by atoms with E-state index in [1.165, 1.54) is 12.1 Å². The molecule has 2 fully saturated rings. The lowest BCUT2D eigenvalue weighted by Crippen LogP contribution is -2.49. The number of nitro benzene ring substituents is 1. The number of carbonyl (C=O) groups excluding carboxylic acids is 1. The number of ether oxygens (including phenoxy) is 2. The van der Waals surface area contributed by atoms with Crippen molar-refractivity contribution in [2.45, 2.75) is 50.9 Å². The minimum atomic E-state index is -1.01. The van der Waals surface area contributed by atoms with E-state index < -0.39 is 17.2 Å². The molecule has 2 heterocycles. The van der Waals surface area contributed by atoms with E-state index in [-0.39, 0.29) is 43.3 Å². The molecular formula is C33H38N4O8. The number of non-ortho nitro benzene ring substituents is 1. The number of hydrogen-bond acceptors (Lipinski definition) is 9. The largest absolute Gasteiger partial charge is 0.481 e. The number of aliphatic hydroxyl groups is 1. The fourth-order valence-corrected chi connectivity index (χ4v) is 5.60. The number of piperazine rings is 1. The monoisotopic (exact) mass is 618 g/mol. The van der Waals surface area contributed by atoms with E-state index >= 15 is 0 Å². The Hall–Kier alpha value is -4.36. The topological polar surface area (TPSA) is 155 Å². The number of hydrogen-bond donors (Lipinski definition) is 3. The zero-order chi connectivity index (χ0) is 31.8. The van der Waals surface area contributed by atoms with Crippen molar-refractivity contribution in [2.75, 3.05) is 37.6 Å². The van der Waals surface area contributed by atoms with Crippen LogP contribution in [0, 0.1) is 10.1 Å². The molecule has 12 nitrogen and oxygen atoms in total. The van der Waals surface area contributed by atoms with Gasteiger partial charge in [-0.15, -0.1) is 0 Å². The van der Waals surface area contributed by atoms with Crippen molar-refractivity contribution in [1.29, 1.82) is 0 Å². The number of carbonyl (C=O) groups is 2. The summed E-state index contributed by atoms with van der Waals surface area (Å²) in [6, 6.07) is 22.1. The van der Waals surface area contributed by atoms with Crippen LogP contribution in [0.4, 0.5) is 11.4 Å². The summed E-state index contributed by atoms with van der Waals surface area (Å²) in [6.45, 7) is 4.23. The maximum Gasteiger partial charge on any atom is 0.303 e. The summed E-state index contributed by atoms with van der Waals surface area (Å²) >= 11 is 0. The highest BCUT2D eigenvalue weighted by Gasteiger charge is 2.34. The molecule has 0 aliphatic carbocycles. The maximum atomic E-state index is 11.9. The molecule has 238 valence electrons. The standard InChI is InChI=1S/C33H38N4O8/c38-22-24-3-5-25(6-4-24)30-19-29(21-35-15-17-36(18-16-35)27-9-11-28(12-10-27)37(42)43)44-33(45-30)26-7-1-23(2-8-26)20-34-31(39)13-14-32(40)41/h1-12,29-30,33,38H,13-22H2,(H,34,39)(H,40,41). The third-order valence-electron chi connectivity index (χ3n) is 8.18. The number of rotatable bonds is 12. The number of carboxylic acid groups (broad SMARTS) is 1. The van der Waals surface area contributed by atoms with Crippen molar-refractivity contribution in [3.63, 3.8) is 0 Å². The molecule has 3 aromatic rings. The van der Waals surface area contributed by atoms with E-state index in [0.29, 0.717) is 13.0 Å². The Bertz CT molecular complexity index is 1440. The van der Waals surface area contributed by atoms with Gasteiger partial charge in [-0.1, -0.05) is 48.5 Å². The molecule has 2 aliphatic rings. The van der Waals surface area contributed by atoms with Gasteiger partial charge in [-0.3, -0.25) is 24.6 Å². The average Bonchev–Trinajstić information content (AvgIpc) is 3.07. The van der Waals surface area contributed by atoms with Crippen LogP contribution in [0.1, 0.15) is 53.9 Å². The van der Waals surface area contributed by atoms with Gasteiger partial charge in [-0.05, 0) is 28.8 Å². The number of nitro groups is 1. The molecule has 0 saturated carbocycles. The van der Waals surface area contributed by atoms with Crippen LogP contribution >= 0.6 is 0 Å². The summed E-state index contributed by atoms with van der Waals surface area (Å²) in [5, 5.41) is 32.0. The first-order chi connectivity index (χ1) is 21.8. The molecule has 3 aromatic carbocycles. The quantitative estimate of drug-likeness (QED) is 0.201. The van der Waals surface area contributed by atoms with E-state index in [4.69, 9.17) is 14.6 Å². The lowest BCUT2D eigenvalue weighted by molar-refractivity contribution is -0.384. The van der Waals surface area contributed by atoms with Crippen LogP contribution in [-0.2, 0) is 32.2 Å². The molecule has 0 spiro atoms. The highest BCUT2D eigenvalue weighted by atomic mass is 16.7. The Labute approximate surface area is 261 Å². The number of amides is 1. The first-order valence-electron chi connectivity index (χ1n) is 15.1. The summed E-state index contributed by atoms with van der Waals surface area (Å²) in [5.41, 5.74) is 4.61. The molecule has 2 aliphatic heterocycles. The summed E-state index contributed by atoms with van der Waals surface area (Å²) in [4.78, 5) is 37.8. The van der Waals surface area contributed by atoms with Crippen LogP contribution in [0.15, 0.2) is 72.8 Å². The number of benzene rings is 3. The van der Waals surface area contributed by atoms with Crippen molar-refractivity contribution in [1.82, 2.24) is 10.2 Å². The van der Waals surface area contributed by atoms with Crippen molar-refractivity contribution in [2.24, 2.45) is 0 Å². The van der Waals surface area contributed by atoms with Crippen LogP contribution in [0.5, 0.6) is 0 Å². The normalized spacial score (nSPS) is 20.5. The summed E-state index contributed by atoms with van der Waals surface area (Å²) < 4.78 is 13.0. The number of aliphatic hydroxyl groups excluding tert-OH is 1. The lowest BCUT2D eigenvalue weighted by Gasteiger charge is -2.41. The van der Waals surface area contributed by atoms with E-state index in [0.717, 1.165) is 60.7 Å². The molecule has 1 amide bonds. The summed E-state index contributed by atoms with van der Waals surface area (Å²) in [5.74, 6) is -1.32. The second kappa shape index (κ2) is 15.1. The van der Waals surface area contributed by atoms with Gasteiger partial charge in [0.1, 0.15) is 0 Å². The van der Waals surface area contributed by atoms with Crippen LogP contribution in [-0.4, -0.2) is 70.7 Å². The highest BCUT2D eigenvalue weighted by Crippen LogP contribution is 2.38. The van der Waals surface area contributed by atoms with Gasteiger partial charge in [0.2, 0.25) is 5.91 Å². The minimum absolute atomic E-state index is 0.0294. The molecule has 45 heavy (non-hydrogen) atoms. The fraction of sp³-hybridized carbons (Fsp3) is 0.394. The Kier molecular flexibility index (Phi) is 10.7. The molecule has 0 bridgehead atoms. The molecule has 5 rings (SSSR count). The number of aliphatic carboxylic acids is 1. The van der Waals surface area contributed by atoms with Crippen molar-refractivity contribution in [3.8, 4) is 0 Å². The smallest absolute Gasteiger partial charge is 0.303 e.